The number of halogens is 1. The maximum atomic E-state index is 12.1. The molecule has 0 bridgehead atoms. The van der Waals surface area contributed by atoms with Crippen LogP contribution in [0.15, 0.2) is 18.2 Å². The Hall–Kier alpha value is -1.31. The number of nitrogens with zero attached hydrogens (tertiary/aromatic N) is 1. The van der Waals surface area contributed by atoms with Gasteiger partial charge in [-0.15, -0.1) is 0 Å². The molecule has 0 aliphatic rings. The average Bonchev–Trinajstić information content (AvgIpc) is 2.31. The summed E-state index contributed by atoms with van der Waals surface area (Å²) in [4.78, 5) is 24.3. The number of carboxylic acids is 1. The number of benzene rings is 1. The third-order valence-electron chi connectivity index (χ3n) is 2.65. The lowest BCUT2D eigenvalue weighted by Crippen LogP contribution is -2.42. The van der Waals surface area contributed by atoms with Crippen LogP contribution in [-0.4, -0.2) is 40.1 Å². The number of amides is 1. The van der Waals surface area contributed by atoms with Gasteiger partial charge < -0.3 is 15.1 Å². The molecule has 5 nitrogen and oxygen atoms in total. The normalized spacial score (nSPS) is 11.9. The van der Waals surface area contributed by atoms with Crippen molar-refractivity contribution < 1.29 is 19.8 Å². The first-order valence-electron chi connectivity index (χ1n) is 5.37. The van der Waals surface area contributed by atoms with E-state index in [2.05, 4.69) is 0 Å². The van der Waals surface area contributed by atoms with E-state index in [1.54, 1.807) is 13.0 Å². The molecule has 1 amide bonds. The fourth-order valence-electron chi connectivity index (χ4n) is 1.63. The second kappa shape index (κ2) is 6.03. The number of aliphatic carboxylic acids is 1. The standard InChI is InChI=1S/C12H14INO4/c1-3-9(12(17)18)14(2)11(16)8-6-7(13)4-5-10(8)15/h4-6,9,15H,3H2,1-2H3,(H,17,18). The van der Waals surface area contributed by atoms with Crippen molar-refractivity contribution in [3.63, 3.8) is 0 Å². The molecule has 0 fully saturated rings. The third-order valence-corrected chi connectivity index (χ3v) is 3.32. The average molecular weight is 363 g/mol. The van der Waals surface area contributed by atoms with Crippen molar-refractivity contribution in [2.45, 2.75) is 19.4 Å². The van der Waals surface area contributed by atoms with E-state index in [1.807, 2.05) is 22.6 Å². The molecule has 0 spiro atoms. The number of carbonyl (C=O) groups excluding carboxylic acids is 1. The fraction of sp³-hybridized carbons (Fsp3) is 0.333. The first-order valence-corrected chi connectivity index (χ1v) is 6.44. The van der Waals surface area contributed by atoms with E-state index in [9.17, 15) is 14.7 Å². The summed E-state index contributed by atoms with van der Waals surface area (Å²) >= 11 is 2.02. The minimum Gasteiger partial charge on any atom is -0.507 e. The Morgan fingerprint density at radius 3 is 2.56 bits per heavy atom. The maximum absolute atomic E-state index is 12.1. The summed E-state index contributed by atoms with van der Waals surface area (Å²) in [5, 5.41) is 18.7. The van der Waals surface area contributed by atoms with E-state index in [4.69, 9.17) is 5.11 Å². The fourth-order valence-corrected chi connectivity index (χ4v) is 2.12. The molecule has 0 heterocycles. The topological polar surface area (TPSA) is 77.8 Å². The zero-order valence-corrected chi connectivity index (χ0v) is 12.2. The highest BCUT2D eigenvalue weighted by Gasteiger charge is 2.26. The molecule has 0 radical (unpaired) electrons. The van der Waals surface area contributed by atoms with Gasteiger partial charge in [0.15, 0.2) is 0 Å². The van der Waals surface area contributed by atoms with Crippen molar-refractivity contribution in [3.05, 3.63) is 27.3 Å². The lowest BCUT2D eigenvalue weighted by molar-refractivity contribution is -0.142. The number of carboxylic acid groups (broad SMARTS) is 1. The molecule has 0 saturated carbocycles. The van der Waals surface area contributed by atoms with Crippen molar-refractivity contribution in [1.82, 2.24) is 4.90 Å². The van der Waals surface area contributed by atoms with Crippen LogP contribution < -0.4 is 0 Å². The van der Waals surface area contributed by atoms with Gasteiger partial charge in [0, 0.05) is 10.6 Å². The van der Waals surface area contributed by atoms with Crippen LogP contribution >= 0.6 is 22.6 Å². The molecule has 0 aromatic heterocycles. The van der Waals surface area contributed by atoms with Crippen molar-refractivity contribution in [1.29, 1.82) is 0 Å². The van der Waals surface area contributed by atoms with Gasteiger partial charge in [0.05, 0.1) is 5.56 Å². The SMILES string of the molecule is CCC(C(=O)O)N(C)C(=O)c1cc(I)ccc1O. The lowest BCUT2D eigenvalue weighted by atomic mass is 10.1. The van der Waals surface area contributed by atoms with Gasteiger partial charge in [0.25, 0.3) is 5.91 Å². The van der Waals surface area contributed by atoms with Crippen LogP contribution in [0.4, 0.5) is 0 Å². The largest absolute Gasteiger partial charge is 0.507 e. The van der Waals surface area contributed by atoms with Crippen molar-refractivity contribution >= 4 is 34.5 Å². The number of phenols is 1. The second-order valence-corrected chi connectivity index (χ2v) is 5.09. The van der Waals surface area contributed by atoms with Crippen molar-refractivity contribution in [2.75, 3.05) is 7.05 Å². The Bertz CT molecular complexity index is 475. The molecule has 1 aromatic rings. The smallest absolute Gasteiger partial charge is 0.326 e. The summed E-state index contributed by atoms with van der Waals surface area (Å²) < 4.78 is 0.797. The minimum absolute atomic E-state index is 0.115. The van der Waals surface area contributed by atoms with Gasteiger partial charge in [-0.25, -0.2) is 4.79 Å². The number of phenolic OH excluding ortho intramolecular Hbond substituents is 1. The highest BCUT2D eigenvalue weighted by molar-refractivity contribution is 14.1. The Kier molecular flexibility index (Phi) is 4.94. The van der Waals surface area contributed by atoms with Crippen LogP contribution in [0.3, 0.4) is 0 Å². The molecular formula is C12H14INO4. The Labute approximate surface area is 119 Å². The highest BCUT2D eigenvalue weighted by atomic mass is 127. The molecule has 1 unspecified atom stereocenters. The van der Waals surface area contributed by atoms with Gasteiger partial charge >= 0.3 is 5.97 Å². The first-order chi connectivity index (χ1) is 8.38. The van der Waals surface area contributed by atoms with Crippen molar-refractivity contribution in [2.24, 2.45) is 0 Å². The summed E-state index contributed by atoms with van der Waals surface area (Å²) in [6, 6.07) is 3.73. The Morgan fingerprint density at radius 1 is 1.44 bits per heavy atom. The van der Waals surface area contributed by atoms with E-state index in [0.29, 0.717) is 6.42 Å². The third kappa shape index (κ3) is 3.12. The number of aromatic hydroxyl groups is 1. The molecular weight excluding hydrogens is 349 g/mol. The van der Waals surface area contributed by atoms with Crippen LogP contribution in [0.1, 0.15) is 23.7 Å². The molecule has 1 rings (SSSR count). The van der Waals surface area contributed by atoms with E-state index in [1.165, 1.54) is 19.2 Å². The molecule has 98 valence electrons. The first kappa shape index (κ1) is 14.7. The van der Waals surface area contributed by atoms with E-state index in [0.717, 1.165) is 8.47 Å². The van der Waals surface area contributed by atoms with Gasteiger partial charge in [0.2, 0.25) is 0 Å². The van der Waals surface area contributed by atoms with Crippen LogP contribution in [0.25, 0.3) is 0 Å². The molecule has 0 saturated heterocycles. The van der Waals surface area contributed by atoms with E-state index in [-0.39, 0.29) is 11.3 Å². The van der Waals surface area contributed by atoms with Crippen LogP contribution in [0, 0.1) is 3.57 Å². The van der Waals surface area contributed by atoms with E-state index < -0.39 is 17.9 Å². The number of rotatable bonds is 4. The zero-order valence-electron chi connectivity index (χ0n) is 10.1. The number of hydrogen-bond acceptors (Lipinski definition) is 3. The molecule has 0 aliphatic carbocycles. The molecule has 1 aromatic carbocycles. The molecule has 18 heavy (non-hydrogen) atoms. The van der Waals surface area contributed by atoms with Gasteiger partial charge in [-0.05, 0) is 47.2 Å². The summed E-state index contributed by atoms with van der Waals surface area (Å²) in [6.45, 7) is 1.69. The van der Waals surface area contributed by atoms with Gasteiger partial charge in [-0.2, -0.15) is 0 Å². The van der Waals surface area contributed by atoms with Gasteiger partial charge in [-0.3, -0.25) is 4.79 Å². The Morgan fingerprint density at radius 2 is 2.06 bits per heavy atom. The molecule has 6 heteroatoms. The summed E-state index contributed by atoms with van der Waals surface area (Å²) in [7, 11) is 1.42. The molecule has 1 atom stereocenters. The van der Waals surface area contributed by atoms with Crippen molar-refractivity contribution in [3.8, 4) is 5.75 Å². The summed E-state index contributed by atoms with van der Waals surface area (Å²) in [6.07, 6.45) is 0.308. The zero-order chi connectivity index (χ0) is 13.9. The van der Waals surface area contributed by atoms with Crippen LogP contribution in [0.5, 0.6) is 5.75 Å². The second-order valence-electron chi connectivity index (χ2n) is 3.84. The van der Waals surface area contributed by atoms with Gasteiger partial charge in [0.1, 0.15) is 11.8 Å². The highest BCUT2D eigenvalue weighted by Crippen LogP contribution is 2.22. The predicted octanol–water partition coefficient (Wildman–Crippen LogP) is 1.93. The number of likely N-dealkylation sites (N-methyl/N-ethyl adjacent to an activating group) is 1. The summed E-state index contributed by atoms with van der Waals surface area (Å²) in [5.41, 5.74) is 0.115. The monoisotopic (exact) mass is 363 g/mol. The molecule has 0 aliphatic heterocycles. The molecule has 2 N–H and O–H groups in total. The van der Waals surface area contributed by atoms with Gasteiger partial charge in [-0.1, -0.05) is 6.92 Å². The van der Waals surface area contributed by atoms with Crippen LogP contribution in [-0.2, 0) is 4.79 Å². The van der Waals surface area contributed by atoms with Crippen LogP contribution in [0.2, 0.25) is 0 Å². The lowest BCUT2D eigenvalue weighted by Gasteiger charge is -2.24. The Balaban J connectivity index is 3.06. The van der Waals surface area contributed by atoms with E-state index >= 15 is 0 Å². The number of hydrogen-bond donors (Lipinski definition) is 2. The minimum atomic E-state index is -1.06. The summed E-state index contributed by atoms with van der Waals surface area (Å²) in [5.74, 6) is -1.70. The maximum Gasteiger partial charge on any atom is 0.326 e. The number of carbonyl (C=O) groups is 2. The quantitative estimate of drug-likeness (QED) is 0.802. The predicted molar refractivity (Wildman–Crippen MR) is 74.6 cm³/mol.